The Morgan fingerprint density at radius 1 is 0.697 bits per heavy atom. The average Bonchev–Trinajstić information content (AvgIpc) is 2.77. The molecule has 0 rings (SSSR count). The van der Waals surface area contributed by atoms with Gasteiger partial charge in [0, 0.05) is 19.4 Å². The van der Waals surface area contributed by atoms with E-state index in [1.807, 2.05) is 0 Å². The second-order valence-corrected chi connectivity index (χ2v) is 8.63. The summed E-state index contributed by atoms with van der Waals surface area (Å²) in [5, 5.41) is 8.52. The predicted molar refractivity (Wildman–Crippen MR) is 131 cm³/mol. The highest BCUT2D eigenvalue weighted by atomic mass is 16.2. The summed E-state index contributed by atoms with van der Waals surface area (Å²) in [6.07, 6.45) is 9.08. The Labute approximate surface area is 199 Å². The molecule has 33 heavy (non-hydrogen) atoms. The lowest BCUT2D eigenvalue weighted by Crippen LogP contribution is -2.51. The summed E-state index contributed by atoms with van der Waals surface area (Å²) >= 11 is 0. The number of carbonyl (C=O) groups is 4. The van der Waals surface area contributed by atoms with Gasteiger partial charge in [0.1, 0.15) is 6.04 Å². The number of nitrogens with one attached hydrogen (secondary N) is 3. The van der Waals surface area contributed by atoms with Gasteiger partial charge in [0.15, 0.2) is 5.78 Å². The molecule has 0 saturated heterocycles. The first kappa shape index (κ1) is 31.0. The molecule has 2 unspecified atom stereocenters. The van der Waals surface area contributed by atoms with E-state index in [4.69, 9.17) is 11.5 Å². The Kier molecular flexibility index (Phi) is 19.3. The van der Waals surface area contributed by atoms with Gasteiger partial charge in [-0.1, -0.05) is 19.8 Å². The maximum atomic E-state index is 12.9. The molecule has 0 aromatic heterocycles. The van der Waals surface area contributed by atoms with Crippen LogP contribution in [0.3, 0.4) is 0 Å². The van der Waals surface area contributed by atoms with E-state index in [0.717, 1.165) is 44.9 Å². The zero-order chi connectivity index (χ0) is 24.9. The van der Waals surface area contributed by atoms with E-state index in [0.29, 0.717) is 58.2 Å². The van der Waals surface area contributed by atoms with Gasteiger partial charge in [0.05, 0.1) is 6.04 Å². The molecule has 0 aromatic carbocycles. The highest BCUT2D eigenvalue weighted by Crippen LogP contribution is 2.07. The summed E-state index contributed by atoms with van der Waals surface area (Å²) in [5.41, 5.74) is 11.0. The fourth-order valence-corrected chi connectivity index (χ4v) is 3.43. The molecule has 0 fully saturated rings. The van der Waals surface area contributed by atoms with Gasteiger partial charge in [0.25, 0.3) is 0 Å². The molecule has 0 bridgehead atoms. The maximum Gasteiger partial charge on any atom is 0.243 e. The molecule has 0 aliphatic heterocycles. The minimum absolute atomic E-state index is 0.00347. The molecule has 2 atom stereocenters. The van der Waals surface area contributed by atoms with Gasteiger partial charge in [-0.05, 0) is 77.8 Å². The molecule has 3 amide bonds. The fourth-order valence-electron chi connectivity index (χ4n) is 3.43. The summed E-state index contributed by atoms with van der Waals surface area (Å²) in [7, 11) is 0. The van der Waals surface area contributed by atoms with Crippen molar-refractivity contribution in [3.05, 3.63) is 0 Å². The molecular weight excluding hydrogens is 422 g/mol. The highest BCUT2D eigenvalue weighted by Gasteiger charge is 2.24. The molecular formula is C24H47N5O4. The van der Waals surface area contributed by atoms with Crippen molar-refractivity contribution in [3.8, 4) is 0 Å². The second-order valence-electron chi connectivity index (χ2n) is 8.63. The van der Waals surface area contributed by atoms with Gasteiger partial charge in [-0.2, -0.15) is 0 Å². The van der Waals surface area contributed by atoms with Crippen LogP contribution in [0.15, 0.2) is 0 Å². The van der Waals surface area contributed by atoms with Crippen LogP contribution in [0.1, 0.15) is 97.3 Å². The first-order valence-corrected chi connectivity index (χ1v) is 12.6. The molecule has 0 spiro atoms. The SMILES string of the molecule is CCCCCC(=O)NC(CCCCNC(=O)CCCCN)C(=O)NC(CCCCN)C(C)=O. The molecule has 0 radical (unpaired) electrons. The van der Waals surface area contributed by atoms with Crippen LogP contribution < -0.4 is 27.4 Å². The summed E-state index contributed by atoms with van der Waals surface area (Å²) in [6.45, 7) is 5.17. The van der Waals surface area contributed by atoms with Crippen LogP contribution in [-0.4, -0.2) is 55.2 Å². The lowest BCUT2D eigenvalue weighted by Gasteiger charge is -2.22. The molecule has 7 N–H and O–H groups in total. The summed E-state index contributed by atoms with van der Waals surface area (Å²) in [5.74, 6) is -0.591. The molecule has 9 heteroatoms. The summed E-state index contributed by atoms with van der Waals surface area (Å²) in [6, 6.07) is -1.27. The zero-order valence-corrected chi connectivity index (χ0v) is 20.8. The number of rotatable bonds is 21. The molecule has 0 saturated carbocycles. The van der Waals surface area contributed by atoms with Crippen molar-refractivity contribution in [2.45, 2.75) is 109 Å². The summed E-state index contributed by atoms with van der Waals surface area (Å²) in [4.78, 5) is 49.0. The van der Waals surface area contributed by atoms with Gasteiger partial charge in [-0.25, -0.2) is 0 Å². The van der Waals surface area contributed by atoms with Crippen LogP contribution in [0.2, 0.25) is 0 Å². The van der Waals surface area contributed by atoms with Gasteiger partial charge in [0.2, 0.25) is 17.7 Å². The van der Waals surface area contributed by atoms with E-state index >= 15 is 0 Å². The van der Waals surface area contributed by atoms with E-state index in [2.05, 4.69) is 22.9 Å². The Balaban J connectivity index is 4.71. The molecule has 0 aliphatic rings. The van der Waals surface area contributed by atoms with Gasteiger partial charge in [-0.15, -0.1) is 0 Å². The fraction of sp³-hybridized carbons (Fsp3) is 0.833. The Morgan fingerprint density at radius 2 is 1.27 bits per heavy atom. The molecule has 192 valence electrons. The van der Waals surface area contributed by atoms with Gasteiger partial charge < -0.3 is 27.4 Å². The lowest BCUT2D eigenvalue weighted by atomic mass is 10.0. The van der Waals surface area contributed by atoms with Crippen molar-refractivity contribution in [1.29, 1.82) is 0 Å². The number of hydrogen-bond acceptors (Lipinski definition) is 6. The number of hydrogen-bond donors (Lipinski definition) is 5. The smallest absolute Gasteiger partial charge is 0.243 e. The van der Waals surface area contributed by atoms with Crippen molar-refractivity contribution >= 4 is 23.5 Å². The van der Waals surface area contributed by atoms with Crippen molar-refractivity contribution in [1.82, 2.24) is 16.0 Å². The van der Waals surface area contributed by atoms with Crippen LogP contribution >= 0.6 is 0 Å². The average molecular weight is 470 g/mol. The molecule has 9 nitrogen and oxygen atoms in total. The number of amides is 3. The number of nitrogens with two attached hydrogens (primary N) is 2. The second kappa shape index (κ2) is 20.6. The number of carbonyl (C=O) groups excluding carboxylic acids is 4. The number of ketones is 1. The van der Waals surface area contributed by atoms with Gasteiger partial charge in [-0.3, -0.25) is 19.2 Å². The minimum Gasteiger partial charge on any atom is -0.356 e. The van der Waals surface area contributed by atoms with Gasteiger partial charge >= 0.3 is 0 Å². The van der Waals surface area contributed by atoms with Crippen LogP contribution in [0.4, 0.5) is 0 Å². The standard InChI is InChI=1S/C24H47N5O4/c1-3-4-5-15-23(32)28-21(13-8-11-18-27-22(31)14-7-10-17-26)24(33)29-20(19(2)30)12-6-9-16-25/h20-21H,3-18,25-26H2,1-2H3,(H,27,31)(H,28,32)(H,29,33). The Morgan fingerprint density at radius 3 is 1.91 bits per heavy atom. The monoisotopic (exact) mass is 469 g/mol. The van der Waals surface area contributed by atoms with E-state index < -0.39 is 12.1 Å². The molecule has 0 aliphatic carbocycles. The molecule has 0 heterocycles. The number of unbranched alkanes of at least 4 members (excludes halogenated alkanes) is 5. The van der Waals surface area contributed by atoms with Crippen molar-refractivity contribution < 1.29 is 19.2 Å². The first-order chi connectivity index (χ1) is 15.8. The third-order valence-corrected chi connectivity index (χ3v) is 5.51. The maximum absolute atomic E-state index is 12.9. The van der Waals surface area contributed by atoms with Crippen molar-refractivity contribution in [2.24, 2.45) is 11.5 Å². The minimum atomic E-state index is -0.698. The quantitative estimate of drug-likeness (QED) is 0.161. The third kappa shape index (κ3) is 17.2. The van der Waals surface area contributed by atoms with Crippen molar-refractivity contribution in [2.75, 3.05) is 19.6 Å². The predicted octanol–water partition coefficient (Wildman–Crippen LogP) is 1.67. The van der Waals surface area contributed by atoms with Crippen LogP contribution in [0, 0.1) is 0 Å². The Bertz CT molecular complexity index is 571. The summed E-state index contributed by atoms with van der Waals surface area (Å²) < 4.78 is 0. The topological polar surface area (TPSA) is 156 Å². The molecule has 0 aromatic rings. The normalized spacial score (nSPS) is 12.6. The first-order valence-electron chi connectivity index (χ1n) is 12.6. The lowest BCUT2D eigenvalue weighted by molar-refractivity contribution is -0.131. The third-order valence-electron chi connectivity index (χ3n) is 5.51. The van der Waals surface area contributed by atoms with E-state index in [-0.39, 0.29) is 23.5 Å². The van der Waals surface area contributed by atoms with E-state index in [1.54, 1.807) is 0 Å². The van der Waals surface area contributed by atoms with E-state index in [1.165, 1.54) is 6.92 Å². The largest absolute Gasteiger partial charge is 0.356 e. The number of Topliss-reactive ketones (excluding diaryl/α,β-unsaturated/α-hetero) is 1. The van der Waals surface area contributed by atoms with Crippen LogP contribution in [0.25, 0.3) is 0 Å². The van der Waals surface area contributed by atoms with Crippen LogP contribution in [0.5, 0.6) is 0 Å². The van der Waals surface area contributed by atoms with E-state index in [9.17, 15) is 19.2 Å². The van der Waals surface area contributed by atoms with Crippen LogP contribution in [-0.2, 0) is 19.2 Å². The zero-order valence-electron chi connectivity index (χ0n) is 20.8. The highest BCUT2D eigenvalue weighted by molar-refractivity contribution is 5.92. The Hall–Kier alpha value is -2.00. The van der Waals surface area contributed by atoms with Crippen molar-refractivity contribution in [3.63, 3.8) is 0 Å².